The van der Waals surface area contributed by atoms with Gasteiger partial charge in [0.1, 0.15) is 0 Å². The molecule has 0 aliphatic carbocycles. The van der Waals surface area contributed by atoms with Gasteiger partial charge >= 0.3 is 12.0 Å². The van der Waals surface area contributed by atoms with Crippen LogP contribution in [0.1, 0.15) is 40.0 Å². The van der Waals surface area contributed by atoms with Gasteiger partial charge in [-0.2, -0.15) is 0 Å². The Labute approximate surface area is 114 Å². The first kappa shape index (κ1) is 15.5. The number of nitrogens with zero attached hydrogens (tertiary/aromatic N) is 2. The number of carbonyl (C=O) groups excluding carboxylic acids is 1. The van der Waals surface area contributed by atoms with Crippen molar-refractivity contribution in [2.45, 2.75) is 46.1 Å². The molecular formula is C14H24N2O3. The number of carbonyl (C=O) groups is 2. The Hall–Kier alpha value is -1.52. The Kier molecular flexibility index (Phi) is 5.86. The highest BCUT2D eigenvalue weighted by atomic mass is 16.4. The molecule has 1 rings (SSSR count). The van der Waals surface area contributed by atoms with E-state index in [9.17, 15) is 9.59 Å². The second-order valence-corrected chi connectivity index (χ2v) is 5.31. The summed E-state index contributed by atoms with van der Waals surface area (Å²) in [5.74, 6) is -0.812. The van der Waals surface area contributed by atoms with Crippen LogP contribution in [-0.2, 0) is 4.79 Å². The standard InChI is InChI=1S/C14H24N2O3/c1-11(2)16(8-4-5-13(17)18)14(19)15-9-6-12(3)7-10-15/h6,11H,4-5,7-10H2,1-3H3,(H,17,18). The van der Waals surface area contributed by atoms with Gasteiger partial charge in [-0.15, -0.1) is 0 Å². The van der Waals surface area contributed by atoms with Gasteiger partial charge in [-0.05, 0) is 33.6 Å². The highest BCUT2D eigenvalue weighted by Crippen LogP contribution is 2.14. The van der Waals surface area contributed by atoms with Crippen molar-refractivity contribution in [1.82, 2.24) is 9.80 Å². The first-order valence-corrected chi connectivity index (χ1v) is 6.84. The molecule has 0 bridgehead atoms. The van der Waals surface area contributed by atoms with Crippen molar-refractivity contribution in [2.75, 3.05) is 19.6 Å². The average Bonchev–Trinajstić information content (AvgIpc) is 2.34. The van der Waals surface area contributed by atoms with Crippen LogP contribution in [0.2, 0.25) is 0 Å². The van der Waals surface area contributed by atoms with E-state index in [-0.39, 0.29) is 18.5 Å². The van der Waals surface area contributed by atoms with E-state index in [1.54, 1.807) is 4.90 Å². The fourth-order valence-electron chi connectivity index (χ4n) is 2.10. The fourth-order valence-corrected chi connectivity index (χ4v) is 2.10. The van der Waals surface area contributed by atoms with Gasteiger partial charge in [-0.3, -0.25) is 4.79 Å². The minimum atomic E-state index is -0.812. The predicted molar refractivity (Wildman–Crippen MR) is 74.1 cm³/mol. The van der Waals surface area contributed by atoms with Crippen molar-refractivity contribution < 1.29 is 14.7 Å². The van der Waals surface area contributed by atoms with Crippen LogP contribution in [0, 0.1) is 0 Å². The molecule has 0 radical (unpaired) electrons. The van der Waals surface area contributed by atoms with Crippen LogP contribution in [0.5, 0.6) is 0 Å². The third-order valence-electron chi connectivity index (χ3n) is 3.37. The third kappa shape index (κ3) is 4.93. The van der Waals surface area contributed by atoms with Crippen LogP contribution in [0.3, 0.4) is 0 Å². The lowest BCUT2D eigenvalue weighted by atomic mass is 10.1. The zero-order chi connectivity index (χ0) is 14.4. The minimum absolute atomic E-state index is 0.0177. The van der Waals surface area contributed by atoms with E-state index in [2.05, 4.69) is 13.0 Å². The van der Waals surface area contributed by atoms with E-state index in [1.807, 2.05) is 18.7 Å². The van der Waals surface area contributed by atoms with Crippen LogP contribution in [0.4, 0.5) is 4.79 Å². The summed E-state index contributed by atoms with van der Waals surface area (Å²) in [7, 11) is 0. The van der Waals surface area contributed by atoms with Crippen LogP contribution < -0.4 is 0 Å². The topological polar surface area (TPSA) is 60.9 Å². The van der Waals surface area contributed by atoms with Crippen LogP contribution in [0.15, 0.2) is 11.6 Å². The summed E-state index contributed by atoms with van der Waals surface area (Å²) in [5.41, 5.74) is 1.33. The number of carboxylic acid groups (broad SMARTS) is 1. The van der Waals surface area contributed by atoms with Gasteiger partial charge in [0.05, 0.1) is 0 Å². The maximum atomic E-state index is 12.4. The highest BCUT2D eigenvalue weighted by Gasteiger charge is 2.23. The molecule has 1 aliphatic heterocycles. The third-order valence-corrected chi connectivity index (χ3v) is 3.37. The largest absolute Gasteiger partial charge is 0.481 e. The zero-order valence-corrected chi connectivity index (χ0v) is 12.1. The molecule has 0 saturated carbocycles. The highest BCUT2D eigenvalue weighted by molar-refractivity contribution is 5.75. The zero-order valence-electron chi connectivity index (χ0n) is 12.1. The summed E-state index contributed by atoms with van der Waals surface area (Å²) >= 11 is 0. The molecule has 0 atom stereocenters. The van der Waals surface area contributed by atoms with Gasteiger partial charge in [0.25, 0.3) is 0 Å². The molecule has 108 valence electrons. The average molecular weight is 268 g/mol. The number of aliphatic carboxylic acids is 1. The summed E-state index contributed by atoms with van der Waals surface area (Å²) in [6.07, 6.45) is 3.61. The van der Waals surface area contributed by atoms with Gasteiger partial charge in [-0.1, -0.05) is 11.6 Å². The maximum Gasteiger partial charge on any atom is 0.320 e. The summed E-state index contributed by atoms with van der Waals surface area (Å²) in [6, 6.07) is 0.109. The molecule has 19 heavy (non-hydrogen) atoms. The number of carboxylic acids is 1. The van der Waals surface area contributed by atoms with Gasteiger partial charge < -0.3 is 14.9 Å². The fraction of sp³-hybridized carbons (Fsp3) is 0.714. The molecule has 5 nitrogen and oxygen atoms in total. The first-order valence-electron chi connectivity index (χ1n) is 6.84. The van der Waals surface area contributed by atoms with E-state index in [4.69, 9.17) is 5.11 Å². The number of hydrogen-bond acceptors (Lipinski definition) is 2. The Morgan fingerprint density at radius 2 is 2.16 bits per heavy atom. The Balaban J connectivity index is 2.55. The lowest BCUT2D eigenvalue weighted by molar-refractivity contribution is -0.137. The second-order valence-electron chi connectivity index (χ2n) is 5.31. The summed E-state index contributed by atoms with van der Waals surface area (Å²) in [5, 5.41) is 8.66. The summed E-state index contributed by atoms with van der Waals surface area (Å²) in [4.78, 5) is 26.5. The van der Waals surface area contributed by atoms with Crippen molar-refractivity contribution >= 4 is 12.0 Å². The van der Waals surface area contributed by atoms with E-state index >= 15 is 0 Å². The smallest absolute Gasteiger partial charge is 0.320 e. The molecule has 0 fully saturated rings. The molecule has 0 unspecified atom stereocenters. The molecule has 0 aromatic carbocycles. The molecule has 1 N–H and O–H groups in total. The Bertz CT molecular complexity index is 364. The normalized spacial score (nSPS) is 15.4. The maximum absolute atomic E-state index is 12.4. The van der Waals surface area contributed by atoms with Crippen molar-refractivity contribution in [3.63, 3.8) is 0 Å². The lowest BCUT2D eigenvalue weighted by Crippen LogP contribution is -2.48. The molecule has 0 saturated heterocycles. The molecule has 1 aliphatic rings. The summed E-state index contributed by atoms with van der Waals surface area (Å²) in [6.45, 7) is 7.92. The second kappa shape index (κ2) is 7.16. The monoisotopic (exact) mass is 268 g/mol. The summed E-state index contributed by atoms with van der Waals surface area (Å²) < 4.78 is 0. The molecule has 0 spiro atoms. The molecule has 1 heterocycles. The van der Waals surface area contributed by atoms with Crippen molar-refractivity contribution in [2.24, 2.45) is 0 Å². The lowest BCUT2D eigenvalue weighted by Gasteiger charge is -2.34. The van der Waals surface area contributed by atoms with Gasteiger partial charge in [0.2, 0.25) is 0 Å². The Morgan fingerprint density at radius 1 is 1.47 bits per heavy atom. The minimum Gasteiger partial charge on any atom is -0.481 e. The quantitative estimate of drug-likeness (QED) is 0.778. The van der Waals surface area contributed by atoms with Gasteiger partial charge in [0, 0.05) is 32.1 Å². The van der Waals surface area contributed by atoms with E-state index in [1.165, 1.54) is 5.57 Å². The SMILES string of the molecule is CC1=CCN(C(=O)N(CCCC(=O)O)C(C)C)CC1. The molecule has 0 aromatic heterocycles. The molecule has 5 heteroatoms. The Morgan fingerprint density at radius 3 is 2.63 bits per heavy atom. The molecule has 0 aromatic rings. The number of amides is 2. The van der Waals surface area contributed by atoms with E-state index < -0.39 is 5.97 Å². The van der Waals surface area contributed by atoms with Crippen LogP contribution >= 0.6 is 0 Å². The predicted octanol–water partition coefficient (Wildman–Crippen LogP) is 2.33. The van der Waals surface area contributed by atoms with Gasteiger partial charge in [-0.25, -0.2) is 4.79 Å². The number of hydrogen-bond donors (Lipinski definition) is 1. The van der Waals surface area contributed by atoms with Crippen LogP contribution in [-0.4, -0.2) is 52.6 Å². The van der Waals surface area contributed by atoms with Crippen molar-refractivity contribution in [3.05, 3.63) is 11.6 Å². The molecular weight excluding hydrogens is 244 g/mol. The van der Waals surface area contributed by atoms with Crippen LogP contribution in [0.25, 0.3) is 0 Å². The number of urea groups is 1. The van der Waals surface area contributed by atoms with E-state index in [0.717, 1.165) is 13.0 Å². The van der Waals surface area contributed by atoms with Crippen molar-refractivity contribution in [1.29, 1.82) is 0 Å². The number of rotatable bonds is 5. The first-order chi connectivity index (χ1) is 8.91. The molecule has 2 amide bonds. The van der Waals surface area contributed by atoms with Crippen molar-refractivity contribution in [3.8, 4) is 0 Å². The van der Waals surface area contributed by atoms with Gasteiger partial charge in [0.15, 0.2) is 0 Å². The van der Waals surface area contributed by atoms with E-state index in [0.29, 0.717) is 19.5 Å².